The zero-order valence-electron chi connectivity index (χ0n) is 11.3. The Morgan fingerprint density at radius 3 is 2.80 bits per heavy atom. The number of pyridine rings is 1. The molecule has 1 N–H and O–H groups in total. The van der Waals surface area contributed by atoms with Crippen LogP contribution in [0.2, 0.25) is 0 Å². The Bertz CT molecular complexity index is 750. The van der Waals surface area contributed by atoms with E-state index >= 15 is 0 Å². The van der Waals surface area contributed by atoms with Crippen LogP contribution in [0.3, 0.4) is 0 Å². The van der Waals surface area contributed by atoms with Crippen LogP contribution in [0.15, 0.2) is 47.2 Å². The molecule has 1 aromatic carbocycles. The number of imidazole rings is 1. The molecule has 0 saturated carbocycles. The molecule has 4 nitrogen and oxygen atoms in total. The molecule has 3 rings (SSSR count). The zero-order chi connectivity index (χ0) is 14.1. The minimum Gasteiger partial charge on any atom is -0.336 e. The Balaban J connectivity index is 2.17. The Labute approximate surface area is 126 Å². The molecule has 0 spiro atoms. The quantitative estimate of drug-likeness (QED) is 0.802. The summed E-state index contributed by atoms with van der Waals surface area (Å²) >= 11 is 3.63. The van der Waals surface area contributed by atoms with Gasteiger partial charge in [0.25, 0.3) is 0 Å². The number of halogens is 1. The molecule has 2 heterocycles. The maximum absolute atomic E-state index is 4.78. The van der Waals surface area contributed by atoms with Crippen molar-refractivity contribution < 1.29 is 0 Å². The maximum atomic E-state index is 4.78. The van der Waals surface area contributed by atoms with Gasteiger partial charge in [-0.2, -0.15) is 0 Å². The smallest absolute Gasteiger partial charge is 0.131 e. The topological polar surface area (TPSA) is 42.7 Å². The maximum Gasteiger partial charge on any atom is 0.131 e. The first kappa shape index (κ1) is 13.3. The van der Waals surface area contributed by atoms with Crippen molar-refractivity contribution in [3.05, 3.63) is 58.7 Å². The van der Waals surface area contributed by atoms with Crippen molar-refractivity contribution in [2.24, 2.45) is 7.05 Å². The first-order valence-electron chi connectivity index (χ1n) is 6.40. The van der Waals surface area contributed by atoms with E-state index in [2.05, 4.69) is 38.4 Å². The molecule has 20 heavy (non-hydrogen) atoms. The second-order valence-electron chi connectivity index (χ2n) is 4.67. The molecule has 0 bridgehead atoms. The predicted octanol–water partition coefficient (Wildman–Crippen LogP) is 3.04. The van der Waals surface area contributed by atoms with Gasteiger partial charge in [-0.3, -0.25) is 0 Å². The average Bonchev–Trinajstić information content (AvgIpc) is 2.87. The number of aryl methyl sites for hydroxylation is 1. The monoisotopic (exact) mass is 330 g/mol. The van der Waals surface area contributed by atoms with E-state index in [0.717, 1.165) is 26.9 Å². The SMILES string of the molecule is CNC(c1nc2ccccc2cc1Br)c1nccn1C. The van der Waals surface area contributed by atoms with Crippen LogP contribution in [0.1, 0.15) is 17.6 Å². The summed E-state index contributed by atoms with van der Waals surface area (Å²) in [6, 6.07) is 10.2. The largest absolute Gasteiger partial charge is 0.336 e. The number of rotatable bonds is 3. The van der Waals surface area contributed by atoms with Crippen LogP contribution in [0.4, 0.5) is 0 Å². The molecule has 0 saturated heterocycles. The summed E-state index contributed by atoms with van der Waals surface area (Å²) < 4.78 is 2.99. The fourth-order valence-electron chi connectivity index (χ4n) is 2.35. The molecule has 0 fully saturated rings. The van der Waals surface area contributed by atoms with Gasteiger partial charge in [-0.25, -0.2) is 9.97 Å². The van der Waals surface area contributed by atoms with Gasteiger partial charge in [-0.15, -0.1) is 0 Å². The van der Waals surface area contributed by atoms with Crippen LogP contribution >= 0.6 is 15.9 Å². The number of nitrogens with one attached hydrogen (secondary N) is 1. The van der Waals surface area contributed by atoms with Gasteiger partial charge < -0.3 is 9.88 Å². The number of hydrogen-bond donors (Lipinski definition) is 1. The third-order valence-electron chi connectivity index (χ3n) is 3.38. The molecule has 1 unspecified atom stereocenters. The average molecular weight is 331 g/mol. The molecule has 0 radical (unpaired) electrons. The van der Waals surface area contributed by atoms with Crippen molar-refractivity contribution in [1.82, 2.24) is 19.9 Å². The van der Waals surface area contributed by atoms with E-state index in [0.29, 0.717) is 0 Å². The van der Waals surface area contributed by atoms with Crippen LogP contribution in [0, 0.1) is 0 Å². The molecular formula is C15H15BrN4. The first-order valence-corrected chi connectivity index (χ1v) is 7.19. The van der Waals surface area contributed by atoms with Gasteiger partial charge >= 0.3 is 0 Å². The summed E-state index contributed by atoms with van der Waals surface area (Å²) in [6.45, 7) is 0. The number of aromatic nitrogens is 3. The van der Waals surface area contributed by atoms with Crippen molar-refractivity contribution in [3.8, 4) is 0 Å². The van der Waals surface area contributed by atoms with Crippen molar-refractivity contribution >= 4 is 26.8 Å². The van der Waals surface area contributed by atoms with Gasteiger partial charge in [0.05, 0.1) is 11.2 Å². The van der Waals surface area contributed by atoms with Gasteiger partial charge in [-0.1, -0.05) is 18.2 Å². The Morgan fingerprint density at radius 1 is 1.30 bits per heavy atom. The lowest BCUT2D eigenvalue weighted by atomic mass is 10.1. The third-order valence-corrected chi connectivity index (χ3v) is 4.02. The van der Waals surface area contributed by atoms with E-state index in [1.165, 1.54) is 0 Å². The molecule has 3 aromatic rings. The van der Waals surface area contributed by atoms with E-state index in [1.807, 2.05) is 43.1 Å². The highest BCUT2D eigenvalue weighted by Crippen LogP contribution is 2.28. The van der Waals surface area contributed by atoms with Crippen molar-refractivity contribution in [2.45, 2.75) is 6.04 Å². The van der Waals surface area contributed by atoms with E-state index in [-0.39, 0.29) is 6.04 Å². The van der Waals surface area contributed by atoms with E-state index < -0.39 is 0 Å². The van der Waals surface area contributed by atoms with Crippen LogP contribution in [0.5, 0.6) is 0 Å². The van der Waals surface area contributed by atoms with Gasteiger partial charge in [0.1, 0.15) is 11.9 Å². The first-order chi connectivity index (χ1) is 9.70. The molecule has 102 valence electrons. The fourth-order valence-corrected chi connectivity index (χ4v) is 2.92. The fraction of sp³-hybridized carbons (Fsp3) is 0.200. The molecule has 5 heteroatoms. The standard InChI is InChI=1S/C15H15BrN4/c1-17-14(15-18-7-8-20(15)2)13-11(16)9-10-5-3-4-6-12(10)19-13/h3-9,14,17H,1-2H3. The van der Waals surface area contributed by atoms with Crippen LogP contribution in [-0.2, 0) is 7.05 Å². The van der Waals surface area contributed by atoms with Crippen molar-refractivity contribution in [3.63, 3.8) is 0 Å². The molecule has 0 aliphatic heterocycles. The van der Waals surface area contributed by atoms with E-state index in [4.69, 9.17) is 4.98 Å². The number of nitrogens with zero attached hydrogens (tertiary/aromatic N) is 3. The Morgan fingerprint density at radius 2 is 2.10 bits per heavy atom. The predicted molar refractivity (Wildman–Crippen MR) is 83.6 cm³/mol. The molecule has 2 aromatic heterocycles. The lowest BCUT2D eigenvalue weighted by Crippen LogP contribution is -2.22. The normalized spacial score (nSPS) is 12.8. The summed E-state index contributed by atoms with van der Waals surface area (Å²) in [7, 11) is 3.91. The minimum absolute atomic E-state index is 0.0472. The lowest BCUT2D eigenvalue weighted by molar-refractivity contribution is 0.602. The second kappa shape index (κ2) is 5.34. The highest BCUT2D eigenvalue weighted by atomic mass is 79.9. The molecule has 0 amide bonds. The van der Waals surface area contributed by atoms with Crippen LogP contribution < -0.4 is 5.32 Å². The van der Waals surface area contributed by atoms with Gasteiger partial charge in [0.15, 0.2) is 0 Å². The highest BCUT2D eigenvalue weighted by Gasteiger charge is 2.20. The summed E-state index contributed by atoms with van der Waals surface area (Å²) in [6.07, 6.45) is 3.74. The number of benzene rings is 1. The minimum atomic E-state index is -0.0472. The Kier molecular flexibility index (Phi) is 3.54. The van der Waals surface area contributed by atoms with E-state index in [9.17, 15) is 0 Å². The molecule has 0 aliphatic rings. The van der Waals surface area contributed by atoms with Crippen LogP contribution in [0.25, 0.3) is 10.9 Å². The zero-order valence-corrected chi connectivity index (χ0v) is 12.9. The summed E-state index contributed by atoms with van der Waals surface area (Å²) in [5.74, 6) is 0.941. The number of fused-ring (bicyclic) bond motifs is 1. The van der Waals surface area contributed by atoms with Crippen molar-refractivity contribution in [1.29, 1.82) is 0 Å². The van der Waals surface area contributed by atoms with Gasteiger partial charge in [-0.05, 0) is 35.1 Å². The molecule has 1 atom stereocenters. The van der Waals surface area contributed by atoms with Crippen LogP contribution in [-0.4, -0.2) is 21.6 Å². The molecular weight excluding hydrogens is 316 g/mol. The summed E-state index contributed by atoms with van der Waals surface area (Å²) in [5.41, 5.74) is 1.93. The number of hydrogen-bond acceptors (Lipinski definition) is 3. The highest BCUT2D eigenvalue weighted by molar-refractivity contribution is 9.10. The lowest BCUT2D eigenvalue weighted by Gasteiger charge is -2.17. The van der Waals surface area contributed by atoms with E-state index in [1.54, 1.807) is 6.20 Å². The Hall–Kier alpha value is -1.72. The molecule has 0 aliphatic carbocycles. The van der Waals surface area contributed by atoms with Gasteiger partial charge in [0, 0.05) is 29.3 Å². The third kappa shape index (κ3) is 2.23. The van der Waals surface area contributed by atoms with Crippen molar-refractivity contribution in [2.75, 3.05) is 7.05 Å². The second-order valence-corrected chi connectivity index (χ2v) is 5.52. The summed E-state index contributed by atoms with van der Waals surface area (Å²) in [4.78, 5) is 9.20. The summed E-state index contributed by atoms with van der Waals surface area (Å²) in [5, 5.41) is 4.41. The van der Waals surface area contributed by atoms with Gasteiger partial charge in [0.2, 0.25) is 0 Å². The number of para-hydroxylation sites is 1.